The summed E-state index contributed by atoms with van der Waals surface area (Å²) >= 11 is 0. The average molecular weight is 332 g/mol. The molecule has 2 heterocycles. The molecular formula is C21H24N4. The number of H-pyrrole nitrogens is 2. The van der Waals surface area contributed by atoms with E-state index >= 15 is 0 Å². The van der Waals surface area contributed by atoms with Crippen molar-refractivity contribution in [2.45, 2.75) is 12.8 Å². The molecule has 0 radical (unpaired) electrons. The van der Waals surface area contributed by atoms with E-state index in [9.17, 15) is 0 Å². The minimum atomic E-state index is 0.838. The van der Waals surface area contributed by atoms with Crippen molar-refractivity contribution in [1.82, 2.24) is 20.6 Å². The molecule has 25 heavy (non-hydrogen) atoms. The molecule has 2 aromatic carbocycles. The Hall–Kier alpha value is -2.56. The second-order valence-electron chi connectivity index (χ2n) is 6.40. The number of benzene rings is 2. The van der Waals surface area contributed by atoms with E-state index in [1.54, 1.807) is 0 Å². The molecule has 0 saturated carbocycles. The maximum absolute atomic E-state index is 3.47. The van der Waals surface area contributed by atoms with E-state index in [-0.39, 0.29) is 0 Å². The summed E-state index contributed by atoms with van der Waals surface area (Å²) in [5.74, 6) is 0. The molecule has 0 unspecified atom stereocenters. The van der Waals surface area contributed by atoms with Gasteiger partial charge in [-0.05, 0) is 36.1 Å². The minimum Gasteiger partial charge on any atom is -0.361 e. The lowest BCUT2D eigenvalue weighted by Gasteiger charge is -2.06. The first-order valence-electron chi connectivity index (χ1n) is 8.93. The Labute approximate surface area is 147 Å². The van der Waals surface area contributed by atoms with Crippen LogP contribution < -0.4 is 10.6 Å². The van der Waals surface area contributed by atoms with Crippen molar-refractivity contribution < 1.29 is 0 Å². The van der Waals surface area contributed by atoms with Gasteiger partial charge in [0, 0.05) is 54.0 Å². The normalized spacial score (nSPS) is 11.5. The molecule has 128 valence electrons. The number of aromatic amines is 2. The molecule has 0 aliphatic rings. The fourth-order valence-corrected chi connectivity index (χ4v) is 3.39. The van der Waals surface area contributed by atoms with E-state index in [2.05, 4.69) is 81.5 Å². The Bertz CT molecular complexity index is 873. The molecule has 0 atom stereocenters. The Morgan fingerprint density at radius 3 is 1.64 bits per heavy atom. The van der Waals surface area contributed by atoms with Gasteiger partial charge >= 0.3 is 0 Å². The molecular weight excluding hydrogens is 308 g/mol. The van der Waals surface area contributed by atoms with Crippen LogP contribution in [0.3, 0.4) is 0 Å². The Balaban J connectivity index is 1.18. The molecule has 4 nitrogen and oxygen atoms in total. The molecule has 4 aromatic rings. The Morgan fingerprint density at radius 2 is 1.12 bits per heavy atom. The number of hydrogen-bond acceptors (Lipinski definition) is 2. The first kappa shape index (κ1) is 15.9. The summed E-state index contributed by atoms with van der Waals surface area (Å²) in [4.78, 5) is 6.67. The van der Waals surface area contributed by atoms with Crippen molar-refractivity contribution in [3.8, 4) is 0 Å². The van der Waals surface area contributed by atoms with E-state index in [0.29, 0.717) is 0 Å². The topological polar surface area (TPSA) is 55.6 Å². The predicted molar refractivity (Wildman–Crippen MR) is 105 cm³/mol. The van der Waals surface area contributed by atoms with Crippen LogP contribution in [0.5, 0.6) is 0 Å². The number of nitrogens with one attached hydrogen (secondary N) is 4. The number of aromatic nitrogens is 2. The van der Waals surface area contributed by atoms with Crippen molar-refractivity contribution in [2.24, 2.45) is 0 Å². The standard InChI is InChI=1S/C21H24N4/c1-3-7-20-18(5-1)16(13-24-20)9-11-22-15-23-12-10-17-14-25-21-8-4-2-6-19(17)21/h1-8,13-14,22-25H,9-12,15H2. The molecule has 0 aliphatic heterocycles. The van der Waals surface area contributed by atoms with Crippen LogP contribution in [0.15, 0.2) is 60.9 Å². The molecule has 2 aromatic heterocycles. The third-order valence-corrected chi connectivity index (χ3v) is 4.74. The number of para-hydroxylation sites is 2. The molecule has 0 bridgehead atoms. The average Bonchev–Trinajstić information content (AvgIpc) is 3.25. The van der Waals surface area contributed by atoms with Gasteiger partial charge in [-0.3, -0.25) is 0 Å². The van der Waals surface area contributed by atoms with Crippen LogP contribution >= 0.6 is 0 Å². The van der Waals surface area contributed by atoms with Crippen LogP contribution in [0.4, 0.5) is 0 Å². The second-order valence-corrected chi connectivity index (χ2v) is 6.40. The summed E-state index contributed by atoms with van der Waals surface area (Å²) < 4.78 is 0. The lowest BCUT2D eigenvalue weighted by molar-refractivity contribution is 0.585. The van der Waals surface area contributed by atoms with Gasteiger partial charge in [0.05, 0.1) is 0 Å². The highest BCUT2D eigenvalue weighted by molar-refractivity contribution is 5.83. The van der Waals surface area contributed by atoms with E-state index in [1.165, 1.54) is 32.9 Å². The quantitative estimate of drug-likeness (QED) is 0.294. The van der Waals surface area contributed by atoms with Crippen molar-refractivity contribution in [1.29, 1.82) is 0 Å². The first-order valence-corrected chi connectivity index (χ1v) is 8.93. The maximum atomic E-state index is 3.47. The summed E-state index contributed by atoms with van der Waals surface area (Å²) in [5, 5.41) is 9.61. The first-order chi connectivity index (χ1) is 12.4. The summed E-state index contributed by atoms with van der Waals surface area (Å²) in [7, 11) is 0. The monoisotopic (exact) mass is 332 g/mol. The highest BCUT2D eigenvalue weighted by Crippen LogP contribution is 2.18. The zero-order chi connectivity index (χ0) is 16.9. The van der Waals surface area contributed by atoms with Crippen LogP contribution in [0.1, 0.15) is 11.1 Å². The lowest BCUT2D eigenvalue weighted by atomic mass is 10.1. The number of hydrogen-bond donors (Lipinski definition) is 4. The van der Waals surface area contributed by atoms with Gasteiger partial charge in [-0.15, -0.1) is 0 Å². The highest BCUT2D eigenvalue weighted by atomic mass is 15.0. The predicted octanol–water partition coefficient (Wildman–Crippen LogP) is 3.57. The fraction of sp³-hybridized carbons (Fsp3) is 0.238. The van der Waals surface area contributed by atoms with Gasteiger partial charge in [-0.25, -0.2) is 0 Å². The summed E-state index contributed by atoms with van der Waals surface area (Å²) in [5.41, 5.74) is 5.19. The zero-order valence-corrected chi connectivity index (χ0v) is 14.3. The van der Waals surface area contributed by atoms with Crippen molar-refractivity contribution in [2.75, 3.05) is 19.8 Å². The summed E-state index contributed by atoms with van der Waals surface area (Å²) in [6.07, 6.45) is 6.32. The van der Waals surface area contributed by atoms with Crippen LogP contribution in [-0.2, 0) is 12.8 Å². The molecule has 0 saturated heterocycles. The van der Waals surface area contributed by atoms with Crippen LogP contribution in [0.25, 0.3) is 21.8 Å². The lowest BCUT2D eigenvalue weighted by Crippen LogP contribution is -2.31. The third kappa shape index (κ3) is 3.60. The molecule has 0 fully saturated rings. The van der Waals surface area contributed by atoms with Crippen molar-refractivity contribution in [3.63, 3.8) is 0 Å². The third-order valence-electron chi connectivity index (χ3n) is 4.74. The largest absolute Gasteiger partial charge is 0.361 e. The van der Waals surface area contributed by atoms with Gasteiger partial charge in [0.1, 0.15) is 0 Å². The van der Waals surface area contributed by atoms with Gasteiger partial charge in [-0.1, -0.05) is 36.4 Å². The van der Waals surface area contributed by atoms with Crippen molar-refractivity contribution >= 4 is 21.8 Å². The number of fused-ring (bicyclic) bond motifs is 2. The highest BCUT2D eigenvalue weighted by Gasteiger charge is 2.03. The summed E-state index contributed by atoms with van der Waals surface area (Å²) in [6, 6.07) is 16.9. The Kier molecular flexibility index (Phi) is 4.81. The van der Waals surface area contributed by atoms with Crippen molar-refractivity contribution in [3.05, 3.63) is 72.1 Å². The smallest absolute Gasteiger partial charge is 0.0456 e. The van der Waals surface area contributed by atoms with E-state index in [4.69, 9.17) is 0 Å². The van der Waals surface area contributed by atoms with Gasteiger partial charge < -0.3 is 20.6 Å². The van der Waals surface area contributed by atoms with Gasteiger partial charge in [0.15, 0.2) is 0 Å². The fourth-order valence-electron chi connectivity index (χ4n) is 3.39. The minimum absolute atomic E-state index is 0.838. The van der Waals surface area contributed by atoms with Crippen LogP contribution in [0, 0.1) is 0 Å². The van der Waals surface area contributed by atoms with E-state index in [1.807, 2.05) is 0 Å². The van der Waals surface area contributed by atoms with Crippen LogP contribution in [0.2, 0.25) is 0 Å². The number of rotatable bonds is 8. The molecule has 0 amide bonds. The molecule has 0 spiro atoms. The molecule has 0 aliphatic carbocycles. The van der Waals surface area contributed by atoms with Gasteiger partial charge in [0.2, 0.25) is 0 Å². The molecule has 4 N–H and O–H groups in total. The SMILES string of the molecule is c1ccc2c(CCNCNCCc3c[nH]c4ccccc34)c[nH]c2c1. The molecule has 4 heteroatoms. The zero-order valence-electron chi connectivity index (χ0n) is 14.3. The maximum Gasteiger partial charge on any atom is 0.0456 e. The Morgan fingerprint density at radius 1 is 0.640 bits per heavy atom. The van der Waals surface area contributed by atoms with E-state index < -0.39 is 0 Å². The van der Waals surface area contributed by atoms with Gasteiger partial charge in [0.25, 0.3) is 0 Å². The summed E-state index contributed by atoms with van der Waals surface area (Å²) in [6.45, 7) is 2.79. The second kappa shape index (κ2) is 7.55. The van der Waals surface area contributed by atoms with E-state index in [0.717, 1.165) is 32.6 Å². The molecule has 4 rings (SSSR count). The van der Waals surface area contributed by atoms with Crippen LogP contribution in [-0.4, -0.2) is 29.7 Å². The van der Waals surface area contributed by atoms with Gasteiger partial charge in [-0.2, -0.15) is 0 Å².